The Morgan fingerprint density at radius 3 is 2.75 bits per heavy atom. The number of rotatable bonds is 2. The number of nitrogen functional groups attached to an aromatic ring is 1. The summed E-state index contributed by atoms with van der Waals surface area (Å²) in [6, 6.07) is 9.30. The van der Waals surface area contributed by atoms with E-state index < -0.39 is 0 Å². The van der Waals surface area contributed by atoms with E-state index in [1.165, 1.54) is 11.3 Å². The summed E-state index contributed by atoms with van der Waals surface area (Å²) in [6.45, 7) is 0. The van der Waals surface area contributed by atoms with Crippen molar-refractivity contribution >= 4 is 77.2 Å². The topological polar surface area (TPSA) is 50.9 Å². The first-order chi connectivity index (χ1) is 9.54. The second kappa shape index (κ2) is 5.41. The number of nitrogens with one attached hydrogen (secondary N) is 1. The van der Waals surface area contributed by atoms with Gasteiger partial charge in [0, 0.05) is 10.2 Å². The zero-order valence-corrected chi connectivity index (χ0v) is 13.9. The van der Waals surface area contributed by atoms with E-state index in [1.54, 1.807) is 0 Å². The van der Waals surface area contributed by atoms with Crippen LogP contribution >= 0.6 is 50.5 Å². The van der Waals surface area contributed by atoms with Gasteiger partial charge >= 0.3 is 0 Å². The van der Waals surface area contributed by atoms with Crippen LogP contribution in [0.2, 0.25) is 10.0 Å². The molecule has 0 fully saturated rings. The highest BCUT2D eigenvalue weighted by Gasteiger charge is 2.11. The minimum Gasteiger partial charge on any atom is -0.399 e. The van der Waals surface area contributed by atoms with Crippen LogP contribution in [0.25, 0.3) is 10.2 Å². The Bertz CT molecular complexity index is 804. The molecule has 1 heterocycles. The first-order valence-corrected chi connectivity index (χ1v) is 7.98. The zero-order chi connectivity index (χ0) is 14.3. The minimum atomic E-state index is 0.458. The summed E-state index contributed by atoms with van der Waals surface area (Å²) in [5, 5.41) is 4.85. The Labute approximate surface area is 137 Å². The molecule has 0 atom stereocenters. The molecule has 3 rings (SSSR count). The first-order valence-electron chi connectivity index (χ1n) is 5.61. The lowest BCUT2D eigenvalue weighted by Gasteiger charge is -2.07. The first kappa shape index (κ1) is 13.9. The molecule has 20 heavy (non-hydrogen) atoms. The lowest BCUT2D eigenvalue weighted by molar-refractivity contribution is 1.44. The van der Waals surface area contributed by atoms with Gasteiger partial charge in [0.1, 0.15) is 0 Å². The number of benzene rings is 2. The van der Waals surface area contributed by atoms with Gasteiger partial charge < -0.3 is 11.1 Å². The van der Waals surface area contributed by atoms with Crippen molar-refractivity contribution in [3.8, 4) is 0 Å². The fourth-order valence-corrected chi connectivity index (χ4v) is 3.48. The molecule has 3 N–H and O–H groups in total. The highest BCUT2D eigenvalue weighted by atomic mass is 79.9. The second-order valence-corrected chi connectivity index (χ2v) is 6.74. The summed E-state index contributed by atoms with van der Waals surface area (Å²) < 4.78 is 1.78. The van der Waals surface area contributed by atoms with E-state index in [-0.39, 0.29) is 0 Å². The monoisotopic (exact) mass is 387 g/mol. The smallest absolute Gasteiger partial charge is 0.188 e. The fourth-order valence-electron chi connectivity index (χ4n) is 1.73. The molecular weight excluding hydrogens is 381 g/mol. The van der Waals surface area contributed by atoms with Crippen molar-refractivity contribution in [2.75, 3.05) is 11.1 Å². The van der Waals surface area contributed by atoms with Gasteiger partial charge in [-0.25, -0.2) is 4.98 Å². The predicted octanol–water partition coefficient (Wildman–Crippen LogP) is 5.69. The Morgan fingerprint density at radius 1 is 1.15 bits per heavy atom. The molecule has 1 aromatic heterocycles. The van der Waals surface area contributed by atoms with Crippen LogP contribution in [-0.4, -0.2) is 4.98 Å². The molecule has 0 spiro atoms. The average Bonchev–Trinajstić information content (AvgIpc) is 2.81. The van der Waals surface area contributed by atoms with E-state index in [0.29, 0.717) is 15.7 Å². The highest BCUT2D eigenvalue weighted by Crippen LogP contribution is 2.38. The van der Waals surface area contributed by atoms with Gasteiger partial charge in [-0.15, -0.1) is 0 Å². The second-order valence-electron chi connectivity index (χ2n) is 4.09. The molecule has 0 bridgehead atoms. The van der Waals surface area contributed by atoms with E-state index >= 15 is 0 Å². The van der Waals surface area contributed by atoms with Gasteiger partial charge in [-0.1, -0.05) is 34.5 Å². The van der Waals surface area contributed by atoms with Gasteiger partial charge in [0.2, 0.25) is 0 Å². The third-order valence-electron chi connectivity index (χ3n) is 2.69. The Balaban J connectivity index is 1.99. The number of halogens is 3. The molecule has 0 aliphatic heterocycles. The van der Waals surface area contributed by atoms with Crippen LogP contribution in [0.3, 0.4) is 0 Å². The van der Waals surface area contributed by atoms with Crippen LogP contribution in [0.15, 0.2) is 34.8 Å². The number of nitrogens with two attached hydrogens (primary N) is 1. The minimum absolute atomic E-state index is 0.458. The van der Waals surface area contributed by atoms with Gasteiger partial charge in [-0.3, -0.25) is 0 Å². The Morgan fingerprint density at radius 2 is 1.95 bits per heavy atom. The number of nitrogens with zero attached hydrogens (tertiary/aromatic N) is 1. The van der Waals surface area contributed by atoms with Crippen LogP contribution in [0.5, 0.6) is 0 Å². The van der Waals surface area contributed by atoms with E-state index in [1.807, 2.05) is 30.3 Å². The number of aromatic nitrogens is 1. The van der Waals surface area contributed by atoms with Crippen molar-refractivity contribution in [1.29, 1.82) is 0 Å². The average molecular weight is 389 g/mol. The van der Waals surface area contributed by atoms with Crippen molar-refractivity contribution in [2.24, 2.45) is 0 Å². The molecule has 3 nitrogen and oxygen atoms in total. The maximum Gasteiger partial charge on any atom is 0.188 e. The van der Waals surface area contributed by atoms with Gasteiger partial charge in [-0.05, 0) is 46.3 Å². The lowest BCUT2D eigenvalue weighted by atomic mass is 10.3. The summed E-state index contributed by atoms with van der Waals surface area (Å²) in [5.74, 6) is 0. The van der Waals surface area contributed by atoms with Crippen molar-refractivity contribution < 1.29 is 0 Å². The summed E-state index contributed by atoms with van der Waals surface area (Å²) in [7, 11) is 0. The van der Waals surface area contributed by atoms with Crippen molar-refractivity contribution in [3.63, 3.8) is 0 Å². The van der Waals surface area contributed by atoms with Crippen molar-refractivity contribution in [2.45, 2.75) is 0 Å². The zero-order valence-electron chi connectivity index (χ0n) is 9.95. The lowest BCUT2D eigenvalue weighted by Crippen LogP contribution is -1.90. The Kier molecular flexibility index (Phi) is 3.77. The maximum atomic E-state index is 6.20. The molecule has 0 saturated carbocycles. The SMILES string of the molecule is Nc1ccc2nc(Nc3ccc(Br)c(Cl)c3Cl)sc2c1. The normalized spacial score (nSPS) is 10.9. The molecule has 0 aliphatic rings. The molecule has 0 aliphatic carbocycles. The summed E-state index contributed by atoms with van der Waals surface area (Å²) in [4.78, 5) is 4.48. The summed E-state index contributed by atoms with van der Waals surface area (Å²) in [5.41, 5.74) is 8.09. The van der Waals surface area contributed by atoms with Gasteiger partial charge in [0.05, 0.1) is 25.9 Å². The number of fused-ring (bicyclic) bond motifs is 1. The van der Waals surface area contributed by atoms with Crippen molar-refractivity contribution in [1.82, 2.24) is 4.98 Å². The van der Waals surface area contributed by atoms with E-state index in [0.717, 1.165) is 25.5 Å². The largest absolute Gasteiger partial charge is 0.399 e. The van der Waals surface area contributed by atoms with Crippen molar-refractivity contribution in [3.05, 3.63) is 44.8 Å². The van der Waals surface area contributed by atoms with E-state index in [9.17, 15) is 0 Å². The molecule has 7 heteroatoms. The third kappa shape index (κ3) is 2.59. The molecular formula is C13H8BrCl2N3S. The van der Waals surface area contributed by atoms with Gasteiger partial charge in [0.15, 0.2) is 5.13 Å². The Hall–Kier alpha value is -1.01. The fraction of sp³-hybridized carbons (Fsp3) is 0. The number of hydrogen-bond donors (Lipinski definition) is 2. The van der Waals surface area contributed by atoms with E-state index in [4.69, 9.17) is 28.9 Å². The van der Waals surface area contributed by atoms with Crippen LogP contribution in [0, 0.1) is 0 Å². The number of thiazole rings is 1. The third-order valence-corrected chi connectivity index (χ3v) is 5.39. The predicted molar refractivity (Wildman–Crippen MR) is 91.5 cm³/mol. The number of hydrogen-bond acceptors (Lipinski definition) is 4. The molecule has 3 aromatic rings. The highest BCUT2D eigenvalue weighted by molar-refractivity contribution is 9.10. The summed E-state index contributed by atoms with van der Waals surface area (Å²) in [6.07, 6.45) is 0. The quantitative estimate of drug-likeness (QED) is 0.437. The maximum absolute atomic E-state index is 6.20. The van der Waals surface area contributed by atoms with Crippen LogP contribution in [0.4, 0.5) is 16.5 Å². The molecule has 0 saturated heterocycles. The van der Waals surface area contributed by atoms with Gasteiger partial charge in [-0.2, -0.15) is 0 Å². The number of anilines is 3. The van der Waals surface area contributed by atoms with Crippen LogP contribution < -0.4 is 11.1 Å². The molecule has 0 radical (unpaired) electrons. The molecule has 0 unspecified atom stereocenters. The molecule has 0 amide bonds. The molecule has 102 valence electrons. The van der Waals surface area contributed by atoms with Crippen LogP contribution in [0.1, 0.15) is 0 Å². The van der Waals surface area contributed by atoms with Gasteiger partial charge in [0.25, 0.3) is 0 Å². The standard InChI is InChI=1S/C13H8BrCl2N3S/c14-7-2-4-9(12(16)11(7)15)19-13-18-8-3-1-6(17)5-10(8)20-13/h1-5H,17H2,(H,18,19). The molecule has 2 aromatic carbocycles. The van der Waals surface area contributed by atoms with E-state index in [2.05, 4.69) is 26.2 Å². The van der Waals surface area contributed by atoms with Crippen LogP contribution in [-0.2, 0) is 0 Å². The summed E-state index contributed by atoms with van der Waals surface area (Å²) >= 11 is 17.1.